The van der Waals surface area contributed by atoms with Crippen molar-refractivity contribution in [2.75, 3.05) is 11.5 Å². The molecule has 0 heterocycles. The number of benzene rings is 1. The van der Waals surface area contributed by atoms with Crippen molar-refractivity contribution in [3.63, 3.8) is 0 Å². The molecule has 3 aliphatic carbocycles. The molecule has 0 bridgehead atoms. The van der Waals surface area contributed by atoms with Crippen LogP contribution in [-0.4, -0.2) is 19.9 Å². The summed E-state index contributed by atoms with van der Waals surface area (Å²) in [4.78, 5) is 0. The fraction of sp³-hybridized carbons (Fsp3) is 0.818. The third-order valence-electron chi connectivity index (χ3n) is 10.4. The summed E-state index contributed by atoms with van der Waals surface area (Å²) < 4.78 is 23.9. The first-order valence-corrected chi connectivity index (χ1v) is 17.5. The van der Waals surface area contributed by atoms with Gasteiger partial charge in [0.05, 0.1) is 11.5 Å². The van der Waals surface area contributed by atoms with Crippen LogP contribution in [0.1, 0.15) is 140 Å². The first-order valence-electron chi connectivity index (χ1n) is 15.7. The summed E-state index contributed by atoms with van der Waals surface area (Å²) in [6.45, 7) is 4.69. The van der Waals surface area contributed by atoms with Gasteiger partial charge in [-0.05, 0) is 91.6 Å². The molecule has 36 heavy (non-hydrogen) atoms. The third-order valence-corrected chi connectivity index (χ3v) is 12.3. The fourth-order valence-electron chi connectivity index (χ4n) is 8.43. The molecule has 2 saturated carbocycles. The van der Waals surface area contributed by atoms with Crippen LogP contribution in [0.3, 0.4) is 0 Å². The lowest BCUT2D eigenvalue weighted by atomic mass is 9.52. The lowest BCUT2D eigenvalue weighted by Gasteiger charge is -2.52. The van der Waals surface area contributed by atoms with Crippen molar-refractivity contribution in [3.05, 3.63) is 35.4 Å². The summed E-state index contributed by atoms with van der Waals surface area (Å²) >= 11 is 0. The van der Waals surface area contributed by atoms with Crippen molar-refractivity contribution >= 4 is 9.84 Å². The molecule has 1 aromatic rings. The van der Waals surface area contributed by atoms with Crippen molar-refractivity contribution in [3.8, 4) is 0 Å². The summed E-state index contributed by atoms with van der Waals surface area (Å²) in [5, 5.41) is 0. The van der Waals surface area contributed by atoms with Crippen LogP contribution < -0.4 is 0 Å². The number of hydrogen-bond acceptors (Lipinski definition) is 2. The summed E-state index contributed by atoms with van der Waals surface area (Å²) in [6, 6.07) is 9.45. The quantitative estimate of drug-likeness (QED) is 0.219. The molecule has 2 fully saturated rings. The van der Waals surface area contributed by atoms with Gasteiger partial charge in [-0.15, -0.1) is 0 Å². The average Bonchev–Trinajstić information content (AvgIpc) is 3.27. The Morgan fingerprint density at radius 2 is 1.50 bits per heavy atom. The molecular formula is C33H54O2S. The van der Waals surface area contributed by atoms with Gasteiger partial charge < -0.3 is 0 Å². The summed E-state index contributed by atoms with van der Waals surface area (Å²) in [7, 11) is -2.79. The highest BCUT2D eigenvalue weighted by Crippen LogP contribution is 2.62. The molecule has 0 aliphatic heterocycles. The second kappa shape index (κ2) is 13.3. The van der Waals surface area contributed by atoms with E-state index in [9.17, 15) is 8.42 Å². The zero-order chi connectivity index (χ0) is 25.4. The van der Waals surface area contributed by atoms with Gasteiger partial charge in [0, 0.05) is 0 Å². The topological polar surface area (TPSA) is 34.1 Å². The van der Waals surface area contributed by atoms with Crippen LogP contribution in [0.4, 0.5) is 0 Å². The Labute approximate surface area is 223 Å². The maximum Gasteiger partial charge on any atom is 0.150 e. The molecule has 3 heteroatoms. The van der Waals surface area contributed by atoms with Gasteiger partial charge in [0.2, 0.25) is 0 Å². The molecular weight excluding hydrogens is 460 g/mol. The van der Waals surface area contributed by atoms with E-state index < -0.39 is 9.84 Å². The molecule has 4 rings (SSSR count). The van der Waals surface area contributed by atoms with E-state index in [1.807, 2.05) is 0 Å². The van der Waals surface area contributed by atoms with Gasteiger partial charge in [0.1, 0.15) is 9.84 Å². The molecule has 204 valence electrons. The molecule has 0 saturated heterocycles. The molecule has 5 atom stereocenters. The first-order chi connectivity index (χ1) is 17.4. The van der Waals surface area contributed by atoms with Crippen LogP contribution in [0.5, 0.6) is 0 Å². The minimum Gasteiger partial charge on any atom is -0.229 e. The van der Waals surface area contributed by atoms with E-state index in [0.717, 1.165) is 49.4 Å². The summed E-state index contributed by atoms with van der Waals surface area (Å²) in [5.74, 6) is 4.43. The van der Waals surface area contributed by atoms with Gasteiger partial charge in [0.15, 0.2) is 0 Å². The van der Waals surface area contributed by atoms with E-state index in [2.05, 4.69) is 38.1 Å². The number of fused-ring (bicyclic) bond motifs is 5. The van der Waals surface area contributed by atoms with Gasteiger partial charge in [-0.1, -0.05) is 102 Å². The van der Waals surface area contributed by atoms with Crippen molar-refractivity contribution < 1.29 is 8.42 Å². The monoisotopic (exact) mass is 514 g/mol. The summed E-state index contributed by atoms with van der Waals surface area (Å²) in [5.41, 5.74) is 4.01. The Morgan fingerprint density at radius 1 is 0.833 bits per heavy atom. The van der Waals surface area contributed by atoms with E-state index in [1.54, 1.807) is 11.1 Å². The molecule has 3 aliphatic rings. The maximum atomic E-state index is 11.9. The third kappa shape index (κ3) is 7.17. The maximum absolute atomic E-state index is 11.9. The molecule has 2 nitrogen and oxygen atoms in total. The first kappa shape index (κ1) is 28.2. The molecule has 0 amide bonds. The van der Waals surface area contributed by atoms with Crippen molar-refractivity contribution in [2.45, 2.75) is 135 Å². The van der Waals surface area contributed by atoms with E-state index in [1.165, 1.54) is 89.9 Å². The summed E-state index contributed by atoms with van der Waals surface area (Å²) in [6.07, 6.45) is 23.1. The van der Waals surface area contributed by atoms with Crippen LogP contribution in [0.15, 0.2) is 24.3 Å². The predicted molar refractivity (Wildman–Crippen MR) is 154 cm³/mol. The van der Waals surface area contributed by atoms with Crippen LogP contribution >= 0.6 is 0 Å². The second-order valence-electron chi connectivity index (χ2n) is 13.0. The highest BCUT2D eigenvalue weighted by molar-refractivity contribution is 7.91. The molecule has 0 aromatic heterocycles. The second-order valence-corrected chi connectivity index (χ2v) is 15.3. The lowest BCUT2D eigenvalue weighted by molar-refractivity contribution is 0.0225. The normalized spacial score (nSPS) is 29.5. The van der Waals surface area contributed by atoms with Crippen molar-refractivity contribution in [1.29, 1.82) is 0 Å². The van der Waals surface area contributed by atoms with Gasteiger partial charge in [-0.2, -0.15) is 0 Å². The molecule has 0 spiro atoms. The van der Waals surface area contributed by atoms with Crippen LogP contribution in [-0.2, 0) is 16.3 Å². The van der Waals surface area contributed by atoms with Gasteiger partial charge in [-0.25, -0.2) is 8.42 Å². The van der Waals surface area contributed by atoms with E-state index >= 15 is 0 Å². The Kier molecular flexibility index (Phi) is 10.4. The number of unbranched alkanes of at least 4 members (excludes halogenated alkanes) is 9. The number of rotatable bonds is 15. The largest absolute Gasteiger partial charge is 0.229 e. The van der Waals surface area contributed by atoms with Crippen molar-refractivity contribution in [1.82, 2.24) is 0 Å². The van der Waals surface area contributed by atoms with Crippen LogP contribution in [0.2, 0.25) is 0 Å². The van der Waals surface area contributed by atoms with Crippen LogP contribution in [0, 0.1) is 23.2 Å². The molecule has 0 unspecified atom stereocenters. The Balaban J connectivity index is 1.14. The number of hydrogen-bond donors (Lipinski definition) is 0. The average molecular weight is 515 g/mol. The lowest BCUT2D eigenvalue weighted by Crippen LogP contribution is -2.44. The van der Waals surface area contributed by atoms with E-state index in [0.29, 0.717) is 16.9 Å². The molecule has 0 N–H and O–H groups in total. The van der Waals surface area contributed by atoms with Crippen molar-refractivity contribution in [2.24, 2.45) is 23.2 Å². The van der Waals surface area contributed by atoms with Gasteiger partial charge >= 0.3 is 0 Å². The zero-order valence-electron chi connectivity index (χ0n) is 23.5. The standard InChI is InChI=1S/C33H54O2S/c1-3-4-24-36(34,35)25-15-11-9-7-5-6-8-10-12-18-28-26-27-17-13-14-19-29(27)30-21-23-33(2)22-16-20-31(33)32(28)30/h13-14,17,19,28,30-32H,3-12,15-16,18,20-26H2,1-2H3/t28-,30-,31+,32-,33+/m1/s1. The Bertz CT molecular complexity index is 906. The molecule has 1 aromatic carbocycles. The fourth-order valence-corrected chi connectivity index (χ4v) is 10.0. The van der Waals surface area contributed by atoms with Crippen LogP contribution in [0.25, 0.3) is 0 Å². The van der Waals surface area contributed by atoms with Gasteiger partial charge in [0.25, 0.3) is 0 Å². The Hall–Kier alpha value is -0.830. The van der Waals surface area contributed by atoms with Gasteiger partial charge in [-0.3, -0.25) is 0 Å². The van der Waals surface area contributed by atoms with E-state index in [-0.39, 0.29) is 0 Å². The minimum absolute atomic E-state index is 0.387. The van der Waals surface area contributed by atoms with E-state index in [4.69, 9.17) is 0 Å². The zero-order valence-corrected chi connectivity index (χ0v) is 24.3. The minimum atomic E-state index is -2.79. The highest BCUT2D eigenvalue weighted by Gasteiger charge is 2.52. The predicted octanol–water partition coefficient (Wildman–Crippen LogP) is 9.27. The number of sulfone groups is 1. The smallest absolute Gasteiger partial charge is 0.150 e. The Morgan fingerprint density at radius 3 is 2.25 bits per heavy atom. The highest BCUT2D eigenvalue weighted by atomic mass is 32.2. The molecule has 0 radical (unpaired) electrons. The SMILES string of the molecule is CCCCS(=O)(=O)CCCCCCCCCCC[C@@H]1Cc2ccccc2[C@H]2CC[C@]3(C)CCC[C@H]3[C@H]12.